The van der Waals surface area contributed by atoms with Crippen molar-refractivity contribution in [2.45, 2.75) is 12.5 Å². The van der Waals surface area contributed by atoms with Crippen LogP contribution < -0.4 is 9.47 Å². The van der Waals surface area contributed by atoms with E-state index in [9.17, 15) is 14.7 Å². The van der Waals surface area contributed by atoms with E-state index in [0.717, 1.165) is 0 Å². The third kappa shape index (κ3) is 1.62. The van der Waals surface area contributed by atoms with Crippen LogP contribution in [0.2, 0.25) is 0 Å². The second-order valence-corrected chi connectivity index (χ2v) is 3.68. The highest BCUT2D eigenvalue weighted by Gasteiger charge is 2.55. The summed E-state index contributed by atoms with van der Waals surface area (Å²) < 4.78 is 14.5. The Kier molecular flexibility index (Phi) is 2.96. The van der Waals surface area contributed by atoms with Gasteiger partial charge < -0.3 is 19.3 Å². The number of carbonyl (C=O) groups excluding carboxylic acids is 2. The summed E-state index contributed by atoms with van der Waals surface area (Å²) in [6.45, 7) is 1.64. The predicted octanol–water partition coefficient (Wildman–Crippen LogP) is 0.365. The predicted molar refractivity (Wildman–Crippen MR) is 59.2 cm³/mol. The van der Waals surface area contributed by atoms with Gasteiger partial charge in [0.1, 0.15) is 11.5 Å². The lowest BCUT2D eigenvalue weighted by molar-refractivity contribution is -0.176. The van der Waals surface area contributed by atoms with E-state index >= 15 is 0 Å². The van der Waals surface area contributed by atoms with Crippen molar-refractivity contribution >= 4 is 11.9 Å². The van der Waals surface area contributed by atoms with E-state index in [1.165, 1.54) is 25.3 Å². The first-order chi connectivity index (χ1) is 8.53. The molecule has 1 unspecified atom stereocenters. The largest absolute Gasteiger partial charge is 0.497 e. The quantitative estimate of drug-likeness (QED) is 0.475. The van der Waals surface area contributed by atoms with Gasteiger partial charge in [-0.1, -0.05) is 0 Å². The van der Waals surface area contributed by atoms with Crippen LogP contribution in [0.5, 0.6) is 11.5 Å². The second-order valence-electron chi connectivity index (χ2n) is 3.68. The summed E-state index contributed by atoms with van der Waals surface area (Å²) in [5, 5.41) is 10.2. The molecule has 1 heterocycles. The highest BCUT2D eigenvalue weighted by molar-refractivity contribution is 6.08. The average molecular weight is 252 g/mol. The van der Waals surface area contributed by atoms with Crippen molar-refractivity contribution in [3.8, 4) is 11.5 Å². The molecule has 6 nitrogen and oxygen atoms in total. The van der Waals surface area contributed by atoms with Gasteiger partial charge >= 0.3 is 11.9 Å². The monoisotopic (exact) mass is 252 g/mol. The maximum absolute atomic E-state index is 11.7. The van der Waals surface area contributed by atoms with Crippen LogP contribution in [0.4, 0.5) is 0 Å². The van der Waals surface area contributed by atoms with E-state index in [1.807, 2.05) is 0 Å². The lowest BCUT2D eigenvalue weighted by Crippen LogP contribution is -2.43. The first-order valence-electron chi connectivity index (χ1n) is 5.34. The number of rotatable bonds is 3. The van der Waals surface area contributed by atoms with Crippen molar-refractivity contribution in [1.29, 1.82) is 0 Å². The van der Waals surface area contributed by atoms with Gasteiger partial charge in [0, 0.05) is 11.6 Å². The molecule has 1 N–H and O–H groups in total. The van der Waals surface area contributed by atoms with E-state index < -0.39 is 17.5 Å². The van der Waals surface area contributed by atoms with Crippen LogP contribution in [0, 0.1) is 0 Å². The maximum atomic E-state index is 11.7. The number of esters is 2. The van der Waals surface area contributed by atoms with Crippen molar-refractivity contribution in [3.05, 3.63) is 23.8 Å². The van der Waals surface area contributed by atoms with E-state index in [1.54, 1.807) is 6.92 Å². The van der Waals surface area contributed by atoms with Crippen molar-refractivity contribution < 1.29 is 28.9 Å². The van der Waals surface area contributed by atoms with Gasteiger partial charge in [0.25, 0.3) is 5.60 Å². The van der Waals surface area contributed by atoms with E-state index in [-0.39, 0.29) is 17.9 Å². The number of aliphatic hydroxyl groups is 1. The van der Waals surface area contributed by atoms with Crippen LogP contribution in [0.15, 0.2) is 18.2 Å². The molecule has 0 bridgehead atoms. The van der Waals surface area contributed by atoms with Gasteiger partial charge in [0.05, 0.1) is 13.7 Å². The molecule has 0 saturated carbocycles. The molecule has 0 saturated heterocycles. The Morgan fingerprint density at radius 1 is 1.50 bits per heavy atom. The van der Waals surface area contributed by atoms with Crippen molar-refractivity contribution in [3.63, 3.8) is 0 Å². The Morgan fingerprint density at radius 2 is 2.22 bits per heavy atom. The van der Waals surface area contributed by atoms with Gasteiger partial charge in [0.2, 0.25) is 0 Å². The first-order valence-corrected chi connectivity index (χ1v) is 5.34. The smallest absolute Gasteiger partial charge is 0.360 e. The van der Waals surface area contributed by atoms with Gasteiger partial charge in [-0.25, -0.2) is 9.59 Å². The molecular weight excluding hydrogens is 240 g/mol. The van der Waals surface area contributed by atoms with Crippen molar-refractivity contribution in [2.24, 2.45) is 0 Å². The minimum absolute atomic E-state index is 0.0555. The van der Waals surface area contributed by atoms with Crippen LogP contribution in [0.1, 0.15) is 12.5 Å². The molecule has 0 aromatic heterocycles. The van der Waals surface area contributed by atoms with Crippen LogP contribution in [0.25, 0.3) is 0 Å². The molecule has 2 rings (SSSR count). The molecule has 0 radical (unpaired) electrons. The molecular formula is C12H12O6. The number of fused-ring (bicyclic) bond motifs is 1. The highest BCUT2D eigenvalue weighted by Crippen LogP contribution is 2.40. The van der Waals surface area contributed by atoms with Crippen LogP contribution in [-0.2, 0) is 19.9 Å². The molecule has 0 fully saturated rings. The zero-order valence-electron chi connectivity index (χ0n) is 9.93. The number of benzene rings is 1. The molecule has 6 heteroatoms. The summed E-state index contributed by atoms with van der Waals surface area (Å²) in [5.41, 5.74) is -2.33. The fraction of sp³-hybridized carbons (Fsp3) is 0.333. The van der Waals surface area contributed by atoms with Crippen LogP contribution in [-0.4, -0.2) is 30.8 Å². The molecule has 18 heavy (non-hydrogen) atoms. The number of methoxy groups -OCH3 is 1. The van der Waals surface area contributed by atoms with Crippen molar-refractivity contribution in [1.82, 2.24) is 0 Å². The summed E-state index contributed by atoms with van der Waals surface area (Å²) in [5.74, 6) is -1.56. The van der Waals surface area contributed by atoms with Crippen LogP contribution in [0.3, 0.4) is 0 Å². The Morgan fingerprint density at radius 3 is 2.83 bits per heavy atom. The Labute approximate surface area is 103 Å². The van der Waals surface area contributed by atoms with E-state index in [4.69, 9.17) is 14.2 Å². The minimum Gasteiger partial charge on any atom is -0.497 e. The zero-order valence-corrected chi connectivity index (χ0v) is 9.93. The average Bonchev–Trinajstić information content (AvgIpc) is 2.62. The molecule has 1 aliphatic heterocycles. The maximum Gasteiger partial charge on any atom is 0.360 e. The lowest BCUT2D eigenvalue weighted by atomic mass is 9.95. The van der Waals surface area contributed by atoms with Crippen molar-refractivity contribution in [2.75, 3.05) is 13.7 Å². The zero-order chi connectivity index (χ0) is 13.3. The standard InChI is InChI=1S/C12H12O6/c1-3-17-10(13)12(15)8-5-4-7(16-2)6-9(8)18-11(12)14/h4-6,15H,3H2,1-2H3. The number of carbonyl (C=O) groups is 2. The van der Waals surface area contributed by atoms with Gasteiger partial charge in [-0.2, -0.15) is 0 Å². The Balaban J connectivity index is 2.47. The fourth-order valence-corrected chi connectivity index (χ4v) is 1.73. The molecule has 96 valence electrons. The van der Waals surface area contributed by atoms with Gasteiger partial charge in [-0.3, -0.25) is 0 Å². The Hall–Kier alpha value is -2.08. The topological polar surface area (TPSA) is 82.1 Å². The van der Waals surface area contributed by atoms with Gasteiger partial charge in [-0.15, -0.1) is 0 Å². The number of ether oxygens (including phenoxy) is 3. The normalized spacial score (nSPS) is 21.2. The molecule has 1 aromatic rings. The van der Waals surface area contributed by atoms with E-state index in [2.05, 4.69) is 0 Å². The lowest BCUT2D eigenvalue weighted by Gasteiger charge is -2.16. The second kappa shape index (κ2) is 4.30. The summed E-state index contributed by atoms with van der Waals surface area (Å²) in [7, 11) is 1.45. The van der Waals surface area contributed by atoms with E-state index in [0.29, 0.717) is 5.75 Å². The SMILES string of the molecule is CCOC(=O)C1(O)C(=O)Oc2cc(OC)ccc21. The summed E-state index contributed by atoms with van der Waals surface area (Å²) in [4.78, 5) is 23.3. The molecule has 1 aliphatic rings. The molecule has 0 aliphatic carbocycles. The first kappa shape index (κ1) is 12.4. The highest BCUT2D eigenvalue weighted by atomic mass is 16.6. The third-order valence-corrected chi connectivity index (χ3v) is 2.65. The van der Waals surface area contributed by atoms with Crippen LogP contribution >= 0.6 is 0 Å². The fourth-order valence-electron chi connectivity index (χ4n) is 1.73. The Bertz CT molecular complexity index is 509. The van der Waals surface area contributed by atoms with Gasteiger partial charge in [-0.05, 0) is 19.1 Å². The molecule has 0 spiro atoms. The summed E-state index contributed by atoms with van der Waals surface area (Å²) in [6.07, 6.45) is 0. The number of hydrogen-bond donors (Lipinski definition) is 1. The van der Waals surface area contributed by atoms with Gasteiger partial charge in [0.15, 0.2) is 0 Å². The molecule has 0 amide bonds. The molecule has 1 aromatic carbocycles. The number of hydrogen-bond acceptors (Lipinski definition) is 6. The minimum atomic E-state index is -2.39. The molecule has 1 atom stereocenters. The third-order valence-electron chi connectivity index (χ3n) is 2.65. The summed E-state index contributed by atoms with van der Waals surface area (Å²) in [6, 6.07) is 4.34. The summed E-state index contributed by atoms with van der Waals surface area (Å²) >= 11 is 0.